The van der Waals surface area contributed by atoms with E-state index in [4.69, 9.17) is 4.74 Å². The van der Waals surface area contributed by atoms with Crippen LogP contribution in [0.2, 0.25) is 0 Å². The van der Waals surface area contributed by atoms with Gasteiger partial charge in [0.25, 0.3) is 0 Å². The molecule has 0 radical (unpaired) electrons. The Morgan fingerprint density at radius 1 is 1.19 bits per heavy atom. The molecule has 2 aliphatic rings. The molecular weight excluding hydrogens is 356 g/mol. The molecule has 8 heteroatoms. The summed E-state index contributed by atoms with van der Waals surface area (Å²) in [6.45, 7) is 5.15. The number of hydrogen-bond acceptors (Lipinski definition) is 5. The molecule has 0 aliphatic carbocycles. The minimum absolute atomic E-state index is 0.0971. The lowest BCUT2D eigenvalue weighted by atomic mass is 9.97. The zero-order valence-electron chi connectivity index (χ0n) is 15.7. The molecule has 2 N–H and O–H groups in total. The van der Waals surface area contributed by atoms with Gasteiger partial charge in [0.15, 0.2) is 0 Å². The first-order valence-electron chi connectivity index (χ1n) is 9.08. The molecule has 2 fully saturated rings. The summed E-state index contributed by atoms with van der Waals surface area (Å²) in [5.74, 6) is -0.806. The average Bonchev–Trinajstić information content (AvgIpc) is 3.07. The van der Waals surface area contributed by atoms with Crippen molar-refractivity contribution >= 4 is 12.3 Å². The first-order valence-corrected chi connectivity index (χ1v) is 9.08. The molecule has 0 saturated carbocycles. The summed E-state index contributed by atoms with van der Waals surface area (Å²) in [5, 5.41) is 5.52. The van der Waals surface area contributed by atoms with E-state index in [-0.39, 0.29) is 17.7 Å². The molecule has 4 unspecified atom stereocenters. The molecule has 0 bridgehead atoms. The predicted molar refractivity (Wildman–Crippen MR) is 96.9 cm³/mol. The fourth-order valence-electron chi connectivity index (χ4n) is 3.50. The highest BCUT2D eigenvalue weighted by Gasteiger charge is 2.39. The van der Waals surface area contributed by atoms with Crippen molar-refractivity contribution in [2.45, 2.75) is 25.4 Å². The number of carbonyl (C=O) groups excluding carboxylic acids is 2. The lowest BCUT2D eigenvalue weighted by Crippen LogP contribution is -2.48. The molecule has 2 aliphatic heterocycles. The molecule has 2 heterocycles. The number of rotatable bonds is 4. The summed E-state index contributed by atoms with van der Waals surface area (Å²) in [6.07, 6.45) is 1.52. The Bertz CT molecular complexity index is 594. The molecule has 2 saturated heterocycles. The quantitative estimate of drug-likeness (QED) is 0.764. The predicted octanol–water partition coefficient (Wildman–Crippen LogP) is 1.17. The van der Waals surface area contributed by atoms with Crippen molar-refractivity contribution < 1.29 is 23.1 Å². The van der Waals surface area contributed by atoms with Crippen molar-refractivity contribution in [2.75, 3.05) is 33.4 Å². The zero-order valence-corrected chi connectivity index (χ0v) is 15.7. The standard InChI is InChI=1S/C13H23N3O3.C6H4F2/c1-9-4-16(5-12(9)13(18)15-8-17)11-3-10(14-2)6-19-7-11;7-5-1-2-6(8)4-3-5/h8-12,14H,3-7H2,1-2H3,(H,15,17,18);1-4H. The fraction of sp³-hybridized carbons (Fsp3) is 0.579. The average molecular weight is 383 g/mol. The zero-order chi connectivity index (χ0) is 19.8. The van der Waals surface area contributed by atoms with Gasteiger partial charge in [0.1, 0.15) is 11.6 Å². The molecule has 150 valence electrons. The van der Waals surface area contributed by atoms with E-state index in [0.29, 0.717) is 25.0 Å². The number of likely N-dealkylation sites (N-methyl/N-ethyl adjacent to an activating group) is 1. The molecule has 2 amide bonds. The van der Waals surface area contributed by atoms with Gasteiger partial charge in [-0.2, -0.15) is 0 Å². The van der Waals surface area contributed by atoms with Gasteiger partial charge in [0.2, 0.25) is 12.3 Å². The van der Waals surface area contributed by atoms with Crippen molar-refractivity contribution in [1.82, 2.24) is 15.5 Å². The molecule has 0 aromatic heterocycles. The highest BCUT2D eigenvalue weighted by molar-refractivity contribution is 5.88. The SMILES string of the molecule is CNC1COCC(N2CC(C)C(C(=O)NC=O)C2)C1.Fc1ccc(F)cc1. The largest absolute Gasteiger partial charge is 0.378 e. The number of benzene rings is 1. The van der Waals surface area contributed by atoms with Gasteiger partial charge in [0.05, 0.1) is 19.1 Å². The topological polar surface area (TPSA) is 70.7 Å². The highest BCUT2D eigenvalue weighted by atomic mass is 19.1. The van der Waals surface area contributed by atoms with Crippen LogP contribution < -0.4 is 10.6 Å². The molecule has 3 rings (SSSR count). The molecule has 6 nitrogen and oxygen atoms in total. The van der Waals surface area contributed by atoms with E-state index in [1.807, 2.05) is 7.05 Å². The maximum Gasteiger partial charge on any atom is 0.231 e. The smallest absolute Gasteiger partial charge is 0.231 e. The third kappa shape index (κ3) is 6.34. The van der Waals surface area contributed by atoms with Gasteiger partial charge >= 0.3 is 0 Å². The summed E-state index contributed by atoms with van der Waals surface area (Å²) in [5.41, 5.74) is 0. The second-order valence-corrected chi connectivity index (χ2v) is 7.01. The molecule has 1 aromatic carbocycles. The van der Waals surface area contributed by atoms with Crippen LogP contribution in [0.4, 0.5) is 8.78 Å². The number of nitrogens with one attached hydrogen (secondary N) is 2. The molecule has 0 spiro atoms. The van der Waals surface area contributed by atoms with Gasteiger partial charge in [0, 0.05) is 25.2 Å². The first-order chi connectivity index (χ1) is 12.9. The van der Waals surface area contributed by atoms with E-state index in [9.17, 15) is 18.4 Å². The Balaban J connectivity index is 0.000000273. The number of hydrogen-bond donors (Lipinski definition) is 2. The van der Waals surface area contributed by atoms with E-state index in [1.165, 1.54) is 0 Å². The van der Waals surface area contributed by atoms with Crippen LogP contribution in [0.15, 0.2) is 24.3 Å². The van der Waals surface area contributed by atoms with Crippen LogP contribution in [0.1, 0.15) is 13.3 Å². The van der Waals surface area contributed by atoms with E-state index in [2.05, 4.69) is 22.5 Å². The minimum Gasteiger partial charge on any atom is -0.378 e. The van der Waals surface area contributed by atoms with Gasteiger partial charge in [-0.05, 0) is 43.7 Å². The van der Waals surface area contributed by atoms with E-state index >= 15 is 0 Å². The Morgan fingerprint density at radius 3 is 2.37 bits per heavy atom. The molecule has 1 aromatic rings. The number of imide groups is 1. The van der Waals surface area contributed by atoms with Gasteiger partial charge in [-0.25, -0.2) is 8.78 Å². The lowest BCUT2D eigenvalue weighted by molar-refractivity contribution is -0.128. The number of carbonyl (C=O) groups is 2. The van der Waals surface area contributed by atoms with E-state index in [0.717, 1.165) is 50.4 Å². The lowest BCUT2D eigenvalue weighted by Gasteiger charge is -2.35. The third-order valence-electron chi connectivity index (χ3n) is 5.09. The third-order valence-corrected chi connectivity index (χ3v) is 5.09. The first kappa shape index (κ1) is 21.4. The Kier molecular flexibility index (Phi) is 8.27. The number of ether oxygens (including phenoxy) is 1. The van der Waals surface area contributed by atoms with Crippen molar-refractivity contribution in [3.05, 3.63) is 35.9 Å². The van der Waals surface area contributed by atoms with E-state index in [1.54, 1.807) is 0 Å². The second-order valence-electron chi connectivity index (χ2n) is 7.01. The van der Waals surface area contributed by atoms with Crippen LogP contribution in [-0.4, -0.2) is 62.7 Å². The summed E-state index contributed by atoms with van der Waals surface area (Å²) < 4.78 is 29.5. The van der Waals surface area contributed by atoms with Crippen LogP contribution in [0.3, 0.4) is 0 Å². The van der Waals surface area contributed by atoms with Crippen molar-refractivity contribution in [1.29, 1.82) is 0 Å². The summed E-state index contributed by atoms with van der Waals surface area (Å²) >= 11 is 0. The number of nitrogens with zero attached hydrogens (tertiary/aromatic N) is 1. The fourth-order valence-corrected chi connectivity index (χ4v) is 3.50. The van der Waals surface area contributed by atoms with Gasteiger partial charge in [-0.1, -0.05) is 6.92 Å². The van der Waals surface area contributed by atoms with Crippen LogP contribution in [0.5, 0.6) is 0 Å². The summed E-state index contributed by atoms with van der Waals surface area (Å²) in [6, 6.07) is 5.06. The van der Waals surface area contributed by atoms with E-state index < -0.39 is 11.6 Å². The maximum atomic E-state index is 11.9. The summed E-state index contributed by atoms with van der Waals surface area (Å²) in [4.78, 5) is 24.5. The van der Waals surface area contributed by atoms with Gasteiger partial charge < -0.3 is 10.1 Å². The molecular formula is C19H27F2N3O3. The number of likely N-dealkylation sites (tertiary alicyclic amines) is 1. The number of halogens is 2. The van der Waals surface area contributed by atoms with Crippen LogP contribution in [-0.2, 0) is 14.3 Å². The second kappa shape index (κ2) is 10.4. The van der Waals surface area contributed by atoms with Gasteiger partial charge in [-0.3, -0.25) is 19.8 Å². The van der Waals surface area contributed by atoms with Gasteiger partial charge in [-0.15, -0.1) is 0 Å². The Morgan fingerprint density at radius 2 is 1.81 bits per heavy atom. The number of amides is 2. The molecule has 27 heavy (non-hydrogen) atoms. The monoisotopic (exact) mass is 383 g/mol. The molecule has 4 atom stereocenters. The Hall–Kier alpha value is -1.90. The highest BCUT2D eigenvalue weighted by Crippen LogP contribution is 2.27. The van der Waals surface area contributed by atoms with Crippen LogP contribution in [0, 0.1) is 23.5 Å². The maximum absolute atomic E-state index is 11.9. The van der Waals surface area contributed by atoms with Crippen LogP contribution >= 0.6 is 0 Å². The van der Waals surface area contributed by atoms with Crippen molar-refractivity contribution in [2.24, 2.45) is 11.8 Å². The summed E-state index contributed by atoms with van der Waals surface area (Å²) in [7, 11) is 1.95. The Labute approximate surface area is 158 Å². The normalized spacial score (nSPS) is 28.1. The van der Waals surface area contributed by atoms with Crippen LogP contribution in [0.25, 0.3) is 0 Å². The van der Waals surface area contributed by atoms with Crippen molar-refractivity contribution in [3.8, 4) is 0 Å². The minimum atomic E-state index is -0.411. The van der Waals surface area contributed by atoms with Crippen molar-refractivity contribution in [3.63, 3.8) is 0 Å².